The lowest BCUT2D eigenvalue weighted by atomic mass is 10.4. The number of alkyl halides is 2. The molecule has 1 heterocycles. The van der Waals surface area contributed by atoms with E-state index in [0.717, 1.165) is 18.4 Å². The van der Waals surface area contributed by atoms with Crippen LogP contribution in [0, 0.1) is 0 Å². The second kappa shape index (κ2) is 4.10. The van der Waals surface area contributed by atoms with Crippen molar-refractivity contribution in [2.45, 2.75) is 6.43 Å². The molecule has 72 valence electrons. The number of thiazole rings is 1. The maximum Gasteiger partial charge on any atom is 0.358 e. The summed E-state index contributed by atoms with van der Waals surface area (Å²) >= 11 is 3.64. The van der Waals surface area contributed by atoms with Crippen LogP contribution in [0.15, 0.2) is 3.92 Å². The first-order valence-electron chi connectivity index (χ1n) is 3.09. The molecule has 0 bridgehead atoms. The van der Waals surface area contributed by atoms with E-state index in [1.165, 1.54) is 0 Å². The van der Waals surface area contributed by atoms with Crippen LogP contribution >= 0.6 is 27.3 Å². The molecule has 1 aromatic heterocycles. The minimum Gasteiger partial charge on any atom is -0.464 e. The number of carbonyl (C=O) groups is 1. The van der Waals surface area contributed by atoms with Gasteiger partial charge in [-0.25, -0.2) is 18.6 Å². The fraction of sp³-hybridized carbons (Fsp3) is 0.333. The molecule has 0 atom stereocenters. The molecule has 0 unspecified atom stereocenters. The van der Waals surface area contributed by atoms with Gasteiger partial charge in [-0.05, 0) is 15.9 Å². The van der Waals surface area contributed by atoms with Crippen molar-refractivity contribution in [2.24, 2.45) is 0 Å². The summed E-state index contributed by atoms with van der Waals surface area (Å²) in [5, 5.41) is 0. The van der Waals surface area contributed by atoms with E-state index in [0.29, 0.717) is 0 Å². The Kier molecular flexibility index (Phi) is 3.32. The number of ether oxygens (including phenoxy) is 1. The average molecular weight is 272 g/mol. The molecule has 0 spiro atoms. The van der Waals surface area contributed by atoms with Gasteiger partial charge < -0.3 is 4.74 Å². The molecular weight excluding hydrogens is 268 g/mol. The summed E-state index contributed by atoms with van der Waals surface area (Å²) in [5.74, 6) is -0.850. The molecule has 0 amide bonds. The van der Waals surface area contributed by atoms with E-state index >= 15 is 0 Å². The molecule has 0 aromatic carbocycles. The van der Waals surface area contributed by atoms with Gasteiger partial charge in [0.15, 0.2) is 9.61 Å². The summed E-state index contributed by atoms with van der Waals surface area (Å²) < 4.78 is 29.1. The van der Waals surface area contributed by atoms with Crippen molar-refractivity contribution in [1.29, 1.82) is 0 Å². The number of hydrogen-bond acceptors (Lipinski definition) is 4. The van der Waals surface area contributed by atoms with Crippen LogP contribution < -0.4 is 0 Å². The van der Waals surface area contributed by atoms with E-state index in [1.807, 2.05) is 0 Å². The Hall–Kier alpha value is -0.560. The van der Waals surface area contributed by atoms with E-state index in [2.05, 4.69) is 25.7 Å². The fourth-order valence-electron chi connectivity index (χ4n) is 0.696. The molecule has 0 fully saturated rings. The molecule has 13 heavy (non-hydrogen) atoms. The molecule has 1 aromatic rings. The third-order valence-corrected chi connectivity index (χ3v) is 2.72. The van der Waals surface area contributed by atoms with Crippen molar-refractivity contribution >= 4 is 33.2 Å². The minimum absolute atomic E-state index is 0.239. The Balaban J connectivity index is 3.11. The molecule has 0 aliphatic heterocycles. The molecule has 0 radical (unpaired) electrons. The summed E-state index contributed by atoms with van der Waals surface area (Å²) in [6, 6.07) is 0. The highest BCUT2D eigenvalue weighted by atomic mass is 79.9. The molecule has 0 saturated heterocycles. The minimum atomic E-state index is -2.71. The first kappa shape index (κ1) is 10.5. The molecule has 0 aliphatic rings. The SMILES string of the molecule is COC(=O)c1nc(Br)sc1C(F)F. The lowest BCUT2D eigenvalue weighted by Gasteiger charge is -1.97. The van der Waals surface area contributed by atoms with Gasteiger partial charge in [-0.2, -0.15) is 0 Å². The van der Waals surface area contributed by atoms with Gasteiger partial charge in [-0.15, -0.1) is 11.3 Å². The van der Waals surface area contributed by atoms with Gasteiger partial charge in [0.2, 0.25) is 0 Å². The molecular formula is C6H4BrF2NO2S. The van der Waals surface area contributed by atoms with Crippen LogP contribution in [0.1, 0.15) is 21.8 Å². The molecule has 0 N–H and O–H groups in total. The smallest absolute Gasteiger partial charge is 0.358 e. The van der Waals surface area contributed by atoms with Crippen LogP contribution in [0.4, 0.5) is 8.78 Å². The van der Waals surface area contributed by atoms with Crippen LogP contribution in [0.5, 0.6) is 0 Å². The first-order chi connectivity index (χ1) is 6.06. The highest BCUT2D eigenvalue weighted by Crippen LogP contribution is 2.31. The second-order valence-corrected chi connectivity index (χ2v) is 4.28. The van der Waals surface area contributed by atoms with Gasteiger partial charge in [-0.1, -0.05) is 0 Å². The van der Waals surface area contributed by atoms with E-state index < -0.39 is 12.4 Å². The predicted octanol–water partition coefficient (Wildman–Crippen LogP) is 2.63. The van der Waals surface area contributed by atoms with Crippen molar-refractivity contribution in [3.05, 3.63) is 14.5 Å². The van der Waals surface area contributed by atoms with Gasteiger partial charge >= 0.3 is 5.97 Å². The van der Waals surface area contributed by atoms with Crippen molar-refractivity contribution < 1.29 is 18.3 Å². The third-order valence-electron chi connectivity index (χ3n) is 1.20. The van der Waals surface area contributed by atoms with Crippen molar-refractivity contribution in [3.8, 4) is 0 Å². The fourth-order valence-corrected chi connectivity index (χ4v) is 2.03. The molecule has 0 saturated carbocycles. The van der Waals surface area contributed by atoms with Gasteiger partial charge in [-0.3, -0.25) is 0 Å². The number of rotatable bonds is 2. The van der Waals surface area contributed by atoms with Crippen molar-refractivity contribution in [2.75, 3.05) is 7.11 Å². The number of methoxy groups -OCH3 is 1. The number of aromatic nitrogens is 1. The molecule has 7 heteroatoms. The Morgan fingerprint density at radius 1 is 1.69 bits per heavy atom. The summed E-state index contributed by atoms with van der Waals surface area (Å²) in [6.07, 6.45) is -2.71. The van der Waals surface area contributed by atoms with Crippen LogP contribution in [0.2, 0.25) is 0 Å². The molecule has 3 nitrogen and oxygen atoms in total. The van der Waals surface area contributed by atoms with Gasteiger partial charge in [0.25, 0.3) is 6.43 Å². The van der Waals surface area contributed by atoms with Gasteiger partial charge in [0.1, 0.15) is 4.88 Å². The summed E-state index contributed by atoms with van der Waals surface area (Å²) in [5.41, 5.74) is -0.325. The van der Waals surface area contributed by atoms with Crippen LogP contribution in [-0.4, -0.2) is 18.1 Å². The molecule has 1 rings (SSSR count). The Morgan fingerprint density at radius 2 is 2.31 bits per heavy atom. The number of hydrogen-bond donors (Lipinski definition) is 0. The topological polar surface area (TPSA) is 39.2 Å². The molecule has 0 aliphatic carbocycles. The summed E-state index contributed by atoms with van der Waals surface area (Å²) in [4.78, 5) is 14.1. The van der Waals surface area contributed by atoms with Crippen LogP contribution in [0.25, 0.3) is 0 Å². The lowest BCUT2D eigenvalue weighted by molar-refractivity contribution is 0.0584. The standard InChI is InChI=1S/C6H4BrF2NO2S/c1-12-5(11)2-3(4(8)9)13-6(7)10-2/h4H,1H3. The quantitative estimate of drug-likeness (QED) is 0.777. The number of halogens is 3. The van der Waals surface area contributed by atoms with Crippen molar-refractivity contribution in [1.82, 2.24) is 4.98 Å². The summed E-state index contributed by atoms with van der Waals surface area (Å²) in [6.45, 7) is 0. The highest BCUT2D eigenvalue weighted by molar-refractivity contribution is 9.11. The monoisotopic (exact) mass is 271 g/mol. The van der Waals surface area contributed by atoms with Gasteiger partial charge in [0.05, 0.1) is 7.11 Å². The Bertz CT molecular complexity index is 328. The average Bonchev–Trinajstić information content (AvgIpc) is 2.46. The van der Waals surface area contributed by atoms with E-state index in [-0.39, 0.29) is 14.5 Å². The third kappa shape index (κ3) is 2.22. The van der Waals surface area contributed by atoms with E-state index in [9.17, 15) is 13.6 Å². The number of nitrogens with zero attached hydrogens (tertiary/aromatic N) is 1. The van der Waals surface area contributed by atoms with E-state index in [1.54, 1.807) is 0 Å². The van der Waals surface area contributed by atoms with E-state index in [4.69, 9.17) is 0 Å². The Morgan fingerprint density at radius 3 is 2.77 bits per heavy atom. The maximum absolute atomic E-state index is 12.3. The number of esters is 1. The first-order valence-corrected chi connectivity index (χ1v) is 4.70. The number of carbonyl (C=O) groups excluding carboxylic acids is 1. The second-order valence-electron chi connectivity index (χ2n) is 1.97. The zero-order chi connectivity index (χ0) is 10.0. The normalized spacial score (nSPS) is 10.5. The predicted molar refractivity (Wildman–Crippen MR) is 46.1 cm³/mol. The van der Waals surface area contributed by atoms with Crippen LogP contribution in [0.3, 0.4) is 0 Å². The van der Waals surface area contributed by atoms with Crippen LogP contribution in [-0.2, 0) is 4.74 Å². The van der Waals surface area contributed by atoms with Crippen molar-refractivity contribution in [3.63, 3.8) is 0 Å². The summed E-state index contributed by atoms with van der Waals surface area (Å²) in [7, 11) is 1.12. The zero-order valence-corrected chi connectivity index (χ0v) is 8.79. The highest BCUT2D eigenvalue weighted by Gasteiger charge is 2.24. The maximum atomic E-state index is 12.3. The Labute approximate surface area is 84.9 Å². The zero-order valence-electron chi connectivity index (χ0n) is 6.38. The largest absolute Gasteiger partial charge is 0.464 e. The van der Waals surface area contributed by atoms with Gasteiger partial charge in [0, 0.05) is 0 Å². The lowest BCUT2D eigenvalue weighted by Crippen LogP contribution is -2.04.